The van der Waals surface area contributed by atoms with E-state index in [1.165, 1.54) is 37.3 Å². The lowest BCUT2D eigenvalue weighted by Crippen LogP contribution is -2.60. The summed E-state index contributed by atoms with van der Waals surface area (Å²) in [7, 11) is 1.75. The predicted molar refractivity (Wildman–Crippen MR) is 206 cm³/mol. The quantitative estimate of drug-likeness (QED) is 0.270. The van der Waals surface area contributed by atoms with Crippen molar-refractivity contribution in [2.24, 2.45) is 50.7 Å². The van der Waals surface area contributed by atoms with Gasteiger partial charge in [0.2, 0.25) is 0 Å². The number of aryl methyl sites for hydroxylation is 1. The highest BCUT2D eigenvalue weighted by Gasteiger charge is 2.84. The molecule has 7 aliphatic rings. The van der Waals surface area contributed by atoms with Crippen molar-refractivity contribution in [2.75, 3.05) is 26.8 Å². The fraction of sp³-hybridized carbons (Fsp3) is 0.844. The van der Waals surface area contributed by atoms with Crippen LogP contribution in [0, 0.1) is 57.7 Å². The van der Waals surface area contributed by atoms with Gasteiger partial charge in [-0.05, 0) is 129 Å². The minimum absolute atomic E-state index is 0.0101. The van der Waals surface area contributed by atoms with Gasteiger partial charge in [-0.2, -0.15) is 0 Å². The van der Waals surface area contributed by atoms with Crippen molar-refractivity contribution >= 4 is 5.97 Å². The number of aliphatic hydroxyl groups excluding tert-OH is 1. The van der Waals surface area contributed by atoms with Crippen molar-refractivity contribution in [1.29, 1.82) is 0 Å². The maximum absolute atomic E-state index is 12.7. The van der Waals surface area contributed by atoms with Gasteiger partial charge in [0.25, 0.3) is 0 Å². The molecule has 1 aromatic rings. The zero-order valence-electron chi connectivity index (χ0n) is 34.8. The average Bonchev–Trinajstić information content (AvgIpc) is 3.73. The van der Waals surface area contributed by atoms with Crippen LogP contribution in [-0.2, 0) is 30.3 Å². The van der Waals surface area contributed by atoms with E-state index >= 15 is 0 Å². The number of esters is 1. The first-order chi connectivity index (χ1) is 25.3. The monoisotopic (exact) mass is 752 g/mol. The van der Waals surface area contributed by atoms with Gasteiger partial charge in [0, 0.05) is 37.5 Å². The number of hydrogen-bond donors (Lipinski definition) is 2. The first-order valence-corrected chi connectivity index (χ1v) is 21.2. The molecule has 8 rings (SSSR count). The molecule has 2 spiro atoms. The van der Waals surface area contributed by atoms with E-state index in [0.29, 0.717) is 24.9 Å². The van der Waals surface area contributed by atoms with E-state index in [4.69, 9.17) is 23.7 Å². The Labute approximate surface area is 324 Å². The number of nitrogens with zero attached hydrogens (tertiary/aromatic N) is 1. The second-order valence-electron chi connectivity index (χ2n) is 20.7. The van der Waals surface area contributed by atoms with Crippen LogP contribution in [0.2, 0.25) is 0 Å². The molecular weight excluding hydrogens is 682 g/mol. The lowest BCUT2D eigenvalue weighted by atomic mass is 9.41. The molecule has 0 aromatic heterocycles. The molecule has 0 radical (unpaired) electrons. The third kappa shape index (κ3) is 5.62. The molecule has 54 heavy (non-hydrogen) atoms. The zero-order valence-corrected chi connectivity index (χ0v) is 34.8. The van der Waals surface area contributed by atoms with Gasteiger partial charge in [-0.3, -0.25) is 9.69 Å². The molecule has 302 valence electrons. The largest absolute Gasteiger partial charge is 0.496 e. The lowest BCUT2D eigenvalue weighted by Gasteiger charge is -2.64. The smallest absolute Gasteiger partial charge is 0.303 e. The summed E-state index contributed by atoms with van der Waals surface area (Å²) in [5.41, 5.74) is 1.32. The number of ether oxygens (including phenoxy) is 5. The molecule has 9 heteroatoms. The third-order valence-electron chi connectivity index (χ3n) is 17.4. The Hall–Kier alpha value is -1.75. The molecule has 5 aliphatic carbocycles. The molecule has 5 saturated carbocycles. The van der Waals surface area contributed by atoms with Crippen LogP contribution in [-0.4, -0.2) is 90.3 Å². The standard InChI is InChI=1S/C45H69NO8/c1-26-11-12-29(30(21-26)50-10)23-46-19-20-51-35(24-46)54-34-15-16-44-25-45(44)18-17-42(8)36-27(2)22-31(39(41(6,7)49)52-28(3)47)53-37(36)38(48)43(42,9)33(45)14-13-32(44)40(34,4)5/h11-12,21,27,31-39,48-49H,13-20,22-25H2,1-10H3/t27-,31-,32+,33+,34+,35?,36?,37+,38+,39+,42-,43-,44-,45+/m1/s1. The van der Waals surface area contributed by atoms with Gasteiger partial charge in [-0.1, -0.05) is 46.8 Å². The molecule has 2 aliphatic heterocycles. The van der Waals surface area contributed by atoms with Crippen LogP contribution in [0.25, 0.3) is 0 Å². The predicted octanol–water partition coefficient (Wildman–Crippen LogP) is 7.06. The van der Waals surface area contributed by atoms with Gasteiger partial charge in [0.1, 0.15) is 5.75 Å². The summed E-state index contributed by atoms with van der Waals surface area (Å²) in [6.07, 6.45) is 6.45. The van der Waals surface area contributed by atoms with E-state index in [-0.39, 0.29) is 57.4 Å². The number of carbonyl (C=O) groups excluding carboxylic acids is 1. The molecule has 2 unspecified atom stereocenters. The Morgan fingerprint density at radius 1 is 1.07 bits per heavy atom. The number of rotatable bonds is 8. The van der Waals surface area contributed by atoms with E-state index in [2.05, 4.69) is 64.6 Å². The van der Waals surface area contributed by atoms with Crippen molar-refractivity contribution in [1.82, 2.24) is 4.90 Å². The van der Waals surface area contributed by atoms with Crippen molar-refractivity contribution in [2.45, 2.75) is 163 Å². The molecular formula is C45H69NO8. The molecule has 9 nitrogen and oxygen atoms in total. The van der Waals surface area contributed by atoms with Gasteiger partial charge in [-0.15, -0.1) is 0 Å². The summed E-state index contributed by atoms with van der Waals surface area (Å²) < 4.78 is 31.6. The van der Waals surface area contributed by atoms with Gasteiger partial charge < -0.3 is 33.9 Å². The second-order valence-corrected chi connectivity index (χ2v) is 20.7. The minimum atomic E-state index is -1.26. The fourth-order valence-corrected chi connectivity index (χ4v) is 14.9. The van der Waals surface area contributed by atoms with Gasteiger partial charge in [-0.25, -0.2) is 0 Å². The fourth-order valence-electron chi connectivity index (χ4n) is 14.9. The normalized spacial score (nSPS) is 45.9. The number of morpholine rings is 1. The van der Waals surface area contributed by atoms with E-state index in [9.17, 15) is 15.0 Å². The highest BCUT2D eigenvalue weighted by molar-refractivity contribution is 5.66. The Bertz CT molecular complexity index is 1610. The lowest BCUT2D eigenvalue weighted by molar-refractivity contribution is -0.249. The van der Waals surface area contributed by atoms with Crippen LogP contribution in [0.15, 0.2) is 18.2 Å². The summed E-state index contributed by atoms with van der Waals surface area (Å²) in [6, 6.07) is 6.45. The molecule has 7 fully saturated rings. The number of benzene rings is 1. The van der Waals surface area contributed by atoms with Crippen molar-refractivity contribution < 1.29 is 38.7 Å². The Balaban J connectivity index is 0.987. The van der Waals surface area contributed by atoms with Crippen molar-refractivity contribution in [3.63, 3.8) is 0 Å². The molecule has 0 amide bonds. The Morgan fingerprint density at radius 3 is 2.50 bits per heavy atom. The summed E-state index contributed by atoms with van der Waals surface area (Å²) in [4.78, 5) is 14.6. The number of aliphatic hydroxyl groups is 2. The van der Waals surface area contributed by atoms with Crippen LogP contribution < -0.4 is 4.74 Å². The van der Waals surface area contributed by atoms with Crippen LogP contribution >= 0.6 is 0 Å². The van der Waals surface area contributed by atoms with Gasteiger partial charge >= 0.3 is 5.97 Å². The molecule has 0 bridgehead atoms. The Morgan fingerprint density at radius 2 is 1.80 bits per heavy atom. The number of hydrogen-bond acceptors (Lipinski definition) is 9. The van der Waals surface area contributed by atoms with Crippen molar-refractivity contribution in [3.8, 4) is 5.75 Å². The van der Waals surface area contributed by atoms with E-state index in [0.717, 1.165) is 51.1 Å². The molecule has 1 aromatic carbocycles. The molecule has 14 atom stereocenters. The van der Waals surface area contributed by atoms with E-state index < -0.39 is 29.9 Å². The average molecular weight is 752 g/mol. The number of methoxy groups -OCH3 is 1. The van der Waals surface area contributed by atoms with Gasteiger partial charge in [0.05, 0.1) is 43.7 Å². The molecule has 2 N–H and O–H groups in total. The van der Waals surface area contributed by atoms with Gasteiger partial charge in [0.15, 0.2) is 12.4 Å². The molecule has 2 heterocycles. The zero-order chi connectivity index (χ0) is 38.8. The number of carbonyl (C=O) groups is 1. The summed E-state index contributed by atoms with van der Waals surface area (Å²) >= 11 is 0. The maximum Gasteiger partial charge on any atom is 0.303 e. The third-order valence-corrected chi connectivity index (χ3v) is 17.4. The first-order valence-electron chi connectivity index (χ1n) is 21.2. The van der Waals surface area contributed by atoms with Crippen LogP contribution in [0.1, 0.15) is 118 Å². The van der Waals surface area contributed by atoms with E-state index in [1.54, 1.807) is 21.0 Å². The second kappa shape index (κ2) is 13.1. The summed E-state index contributed by atoms with van der Waals surface area (Å²) in [5, 5.41) is 23.7. The summed E-state index contributed by atoms with van der Waals surface area (Å²) in [5.74, 6) is 1.99. The maximum atomic E-state index is 12.7. The van der Waals surface area contributed by atoms with Crippen LogP contribution in [0.3, 0.4) is 0 Å². The highest BCUT2D eigenvalue weighted by atomic mass is 16.7. The SMILES string of the molecule is COc1cc(C)ccc1CN1CCOC(O[C@H]2CC[C@]34C[C@]35CC[C@]3(C)C6[C@H](C)C[C@H]([C@H](OC(C)=O)C(C)(C)O)O[C@@H]6[C@H](O)[C@@]3(C)[C@@H]5CC[C@H]4C2(C)C)C1. The first kappa shape index (κ1) is 39.1. The Kier molecular flexibility index (Phi) is 9.51. The molecule has 2 saturated heterocycles. The van der Waals surface area contributed by atoms with Crippen molar-refractivity contribution in [3.05, 3.63) is 29.3 Å². The summed E-state index contributed by atoms with van der Waals surface area (Å²) in [6.45, 7) is 22.1. The van der Waals surface area contributed by atoms with Crippen LogP contribution in [0.5, 0.6) is 5.75 Å². The topological polar surface area (TPSA) is 107 Å². The minimum Gasteiger partial charge on any atom is -0.496 e. The van der Waals surface area contributed by atoms with Crippen LogP contribution in [0.4, 0.5) is 0 Å². The number of fused-ring (bicyclic) bond motifs is 4. The highest BCUT2D eigenvalue weighted by Crippen LogP contribution is 2.89. The van der Waals surface area contributed by atoms with E-state index in [1.807, 2.05) is 0 Å².